The summed E-state index contributed by atoms with van der Waals surface area (Å²) in [4.78, 5) is 0. The molecule has 4 heteroatoms. The molecule has 4 rings (SSSR count). The lowest BCUT2D eigenvalue weighted by molar-refractivity contribution is 0.401. The van der Waals surface area contributed by atoms with Crippen molar-refractivity contribution in [1.82, 2.24) is 15.1 Å². The van der Waals surface area contributed by atoms with Crippen molar-refractivity contribution >= 4 is 0 Å². The van der Waals surface area contributed by atoms with Crippen molar-refractivity contribution in [3.05, 3.63) is 102 Å². The molecule has 3 aromatic carbocycles. The van der Waals surface area contributed by atoms with Crippen LogP contribution >= 0.6 is 0 Å². The van der Waals surface area contributed by atoms with Crippen LogP contribution in [0.2, 0.25) is 0 Å². The summed E-state index contributed by atoms with van der Waals surface area (Å²) >= 11 is 0. The number of nitrogens with zero attached hydrogens (tertiary/aromatic N) is 2. The van der Waals surface area contributed by atoms with Crippen molar-refractivity contribution in [3.63, 3.8) is 0 Å². The van der Waals surface area contributed by atoms with Gasteiger partial charge in [-0.05, 0) is 32.0 Å². The van der Waals surface area contributed by atoms with Crippen molar-refractivity contribution in [2.75, 3.05) is 7.11 Å². The minimum atomic E-state index is 0.145. The van der Waals surface area contributed by atoms with Crippen molar-refractivity contribution in [1.29, 1.82) is 0 Å². The first-order chi connectivity index (χ1) is 14.7. The molecule has 0 aliphatic heterocycles. The highest BCUT2D eigenvalue weighted by Gasteiger charge is 2.15. The van der Waals surface area contributed by atoms with E-state index < -0.39 is 0 Å². The Morgan fingerprint density at radius 1 is 0.933 bits per heavy atom. The van der Waals surface area contributed by atoms with Gasteiger partial charge in [0.1, 0.15) is 5.75 Å². The molecular weight excluding hydrogens is 370 g/mol. The summed E-state index contributed by atoms with van der Waals surface area (Å²) in [5.74, 6) is 0.899. The van der Waals surface area contributed by atoms with Crippen LogP contribution in [-0.4, -0.2) is 16.9 Å². The number of ether oxygens (including phenoxy) is 1. The maximum Gasteiger partial charge on any atom is 0.123 e. The van der Waals surface area contributed by atoms with E-state index in [4.69, 9.17) is 9.84 Å². The van der Waals surface area contributed by atoms with E-state index in [1.54, 1.807) is 7.11 Å². The standard InChI is InChI=1S/C26H27N3O/c1-19-13-15-21(16-14-19)26-22(18-29(28-26)23-9-5-4-6-10-23)17-27-20(2)24-11-7-8-12-25(24)30-3/h4-16,18,20,27H,17H2,1-3H3. The molecule has 0 aliphatic carbocycles. The summed E-state index contributed by atoms with van der Waals surface area (Å²) in [7, 11) is 1.71. The Morgan fingerprint density at radius 3 is 2.37 bits per heavy atom. The summed E-state index contributed by atoms with van der Waals surface area (Å²) in [5.41, 5.74) is 6.72. The topological polar surface area (TPSA) is 39.1 Å². The van der Waals surface area contributed by atoms with Crippen molar-refractivity contribution in [2.24, 2.45) is 0 Å². The summed E-state index contributed by atoms with van der Waals surface area (Å²) in [5, 5.41) is 8.56. The van der Waals surface area contributed by atoms with E-state index in [1.807, 2.05) is 41.1 Å². The van der Waals surface area contributed by atoms with Gasteiger partial charge in [0.2, 0.25) is 0 Å². The predicted octanol–water partition coefficient (Wildman–Crippen LogP) is 5.71. The van der Waals surface area contributed by atoms with Crippen LogP contribution in [0.3, 0.4) is 0 Å². The van der Waals surface area contributed by atoms with Crippen LogP contribution in [-0.2, 0) is 6.54 Å². The third-order valence-electron chi connectivity index (χ3n) is 5.34. The third kappa shape index (κ3) is 4.29. The van der Waals surface area contributed by atoms with E-state index in [1.165, 1.54) is 5.56 Å². The zero-order valence-corrected chi connectivity index (χ0v) is 17.7. The minimum Gasteiger partial charge on any atom is -0.496 e. The number of benzene rings is 3. The Bertz CT molecular complexity index is 1100. The molecule has 4 aromatic rings. The van der Waals surface area contributed by atoms with E-state index in [0.717, 1.165) is 33.8 Å². The van der Waals surface area contributed by atoms with Gasteiger partial charge >= 0.3 is 0 Å². The SMILES string of the molecule is COc1ccccc1C(C)NCc1cn(-c2ccccc2)nc1-c1ccc(C)cc1. The van der Waals surface area contributed by atoms with E-state index in [9.17, 15) is 0 Å². The van der Waals surface area contributed by atoms with Gasteiger partial charge in [-0.2, -0.15) is 5.10 Å². The Morgan fingerprint density at radius 2 is 1.63 bits per heavy atom. The fourth-order valence-electron chi connectivity index (χ4n) is 3.60. The summed E-state index contributed by atoms with van der Waals surface area (Å²) in [6.45, 7) is 4.96. The van der Waals surface area contributed by atoms with Gasteiger partial charge in [0.05, 0.1) is 18.5 Å². The Balaban J connectivity index is 1.64. The molecule has 30 heavy (non-hydrogen) atoms. The molecule has 0 saturated heterocycles. The normalized spacial score (nSPS) is 12.0. The smallest absolute Gasteiger partial charge is 0.123 e. The van der Waals surface area contributed by atoms with Gasteiger partial charge in [-0.3, -0.25) is 0 Å². The predicted molar refractivity (Wildman–Crippen MR) is 122 cm³/mol. The Labute approximate surface area is 178 Å². The van der Waals surface area contributed by atoms with Crippen LogP contribution in [0.15, 0.2) is 85.1 Å². The number of hydrogen-bond donors (Lipinski definition) is 1. The molecule has 0 bridgehead atoms. The van der Waals surface area contributed by atoms with Crippen LogP contribution in [0.4, 0.5) is 0 Å². The van der Waals surface area contributed by atoms with Gasteiger partial charge in [-0.25, -0.2) is 4.68 Å². The number of para-hydroxylation sites is 2. The first-order valence-corrected chi connectivity index (χ1v) is 10.2. The molecule has 4 nitrogen and oxygen atoms in total. The monoisotopic (exact) mass is 397 g/mol. The Hall–Kier alpha value is -3.37. The van der Waals surface area contributed by atoms with Gasteiger partial charge in [0, 0.05) is 35.5 Å². The van der Waals surface area contributed by atoms with Crippen LogP contribution in [0.25, 0.3) is 16.9 Å². The molecule has 0 saturated carbocycles. The molecule has 152 valence electrons. The lowest BCUT2D eigenvalue weighted by Crippen LogP contribution is -2.18. The number of hydrogen-bond acceptors (Lipinski definition) is 3. The quantitative estimate of drug-likeness (QED) is 0.434. The second-order valence-electron chi connectivity index (χ2n) is 7.49. The van der Waals surface area contributed by atoms with E-state index in [2.05, 4.69) is 67.8 Å². The number of aryl methyl sites for hydroxylation is 1. The molecule has 1 unspecified atom stereocenters. The highest BCUT2D eigenvalue weighted by Crippen LogP contribution is 2.27. The molecule has 1 atom stereocenters. The van der Waals surface area contributed by atoms with Crippen molar-refractivity contribution in [2.45, 2.75) is 26.4 Å². The summed E-state index contributed by atoms with van der Waals surface area (Å²) in [6.07, 6.45) is 2.12. The minimum absolute atomic E-state index is 0.145. The zero-order valence-electron chi connectivity index (χ0n) is 17.7. The maximum atomic E-state index is 5.53. The molecule has 0 fully saturated rings. The van der Waals surface area contributed by atoms with Crippen LogP contribution in [0.5, 0.6) is 5.75 Å². The molecule has 0 radical (unpaired) electrons. The highest BCUT2D eigenvalue weighted by molar-refractivity contribution is 5.63. The maximum absolute atomic E-state index is 5.53. The van der Waals surface area contributed by atoms with Gasteiger partial charge < -0.3 is 10.1 Å². The van der Waals surface area contributed by atoms with Crippen LogP contribution in [0.1, 0.15) is 29.7 Å². The number of rotatable bonds is 7. The molecular formula is C26H27N3O. The van der Waals surface area contributed by atoms with E-state index in [-0.39, 0.29) is 6.04 Å². The average Bonchev–Trinajstić information content (AvgIpc) is 3.23. The largest absolute Gasteiger partial charge is 0.496 e. The third-order valence-corrected chi connectivity index (χ3v) is 5.34. The number of aromatic nitrogens is 2. The first kappa shape index (κ1) is 19.9. The van der Waals surface area contributed by atoms with Crippen LogP contribution in [0, 0.1) is 6.92 Å². The van der Waals surface area contributed by atoms with Gasteiger partial charge in [-0.15, -0.1) is 0 Å². The van der Waals surface area contributed by atoms with Gasteiger partial charge in [0.25, 0.3) is 0 Å². The Kier molecular flexibility index (Phi) is 5.96. The molecule has 1 heterocycles. The second-order valence-corrected chi connectivity index (χ2v) is 7.49. The molecule has 0 spiro atoms. The van der Waals surface area contributed by atoms with E-state index >= 15 is 0 Å². The van der Waals surface area contributed by atoms with Crippen molar-refractivity contribution in [3.8, 4) is 22.7 Å². The molecule has 0 aliphatic rings. The van der Waals surface area contributed by atoms with E-state index in [0.29, 0.717) is 6.54 Å². The van der Waals surface area contributed by atoms with Gasteiger partial charge in [-0.1, -0.05) is 66.2 Å². The average molecular weight is 398 g/mol. The lowest BCUT2D eigenvalue weighted by Gasteiger charge is -2.17. The molecule has 1 aromatic heterocycles. The first-order valence-electron chi connectivity index (χ1n) is 10.2. The van der Waals surface area contributed by atoms with Crippen molar-refractivity contribution < 1.29 is 4.74 Å². The van der Waals surface area contributed by atoms with Gasteiger partial charge in [0.15, 0.2) is 0 Å². The zero-order chi connectivity index (χ0) is 20.9. The highest BCUT2D eigenvalue weighted by atomic mass is 16.5. The summed E-state index contributed by atoms with van der Waals surface area (Å²) < 4.78 is 7.49. The fraction of sp³-hybridized carbons (Fsp3) is 0.192. The second kappa shape index (κ2) is 8.97. The number of nitrogens with one attached hydrogen (secondary N) is 1. The van der Waals surface area contributed by atoms with Crippen LogP contribution < -0.4 is 10.1 Å². The molecule has 0 amide bonds. The lowest BCUT2D eigenvalue weighted by atomic mass is 10.0. The summed E-state index contributed by atoms with van der Waals surface area (Å²) in [6, 6.07) is 27.0. The number of methoxy groups -OCH3 is 1. The fourth-order valence-corrected chi connectivity index (χ4v) is 3.60. The molecule has 1 N–H and O–H groups in total.